The second-order valence-corrected chi connectivity index (χ2v) is 4.31. The van der Waals surface area contributed by atoms with Crippen molar-refractivity contribution in [3.05, 3.63) is 28.0 Å². The van der Waals surface area contributed by atoms with Crippen molar-refractivity contribution in [3.8, 4) is 0 Å². The van der Waals surface area contributed by atoms with Crippen molar-refractivity contribution in [3.63, 3.8) is 0 Å². The molecule has 1 N–H and O–H groups in total. The summed E-state index contributed by atoms with van der Waals surface area (Å²) >= 11 is 11.7. The molecule has 1 aliphatic heterocycles. The molecule has 0 amide bonds. The van der Waals surface area contributed by atoms with Gasteiger partial charge in [-0.25, -0.2) is 4.98 Å². The fourth-order valence-electron chi connectivity index (χ4n) is 1.76. The Kier molecular flexibility index (Phi) is 3.26. The van der Waals surface area contributed by atoms with Crippen LogP contribution in [0.1, 0.15) is 30.9 Å². The van der Waals surface area contributed by atoms with Crippen molar-refractivity contribution in [2.24, 2.45) is 0 Å². The van der Waals surface area contributed by atoms with E-state index in [0.29, 0.717) is 16.2 Å². The molecule has 14 heavy (non-hydrogen) atoms. The van der Waals surface area contributed by atoms with Crippen LogP contribution in [0, 0.1) is 0 Å². The van der Waals surface area contributed by atoms with Gasteiger partial charge in [-0.15, -0.1) is 0 Å². The number of hydrogen-bond acceptors (Lipinski definition) is 2. The SMILES string of the molecule is Clc1cc(C2CCCCN2)cnc1Cl. The molecule has 0 spiro atoms. The highest BCUT2D eigenvalue weighted by atomic mass is 35.5. The van der Waals surface area contributed by atoms with Gasteiger partial charge in [0.15, 0.2) is 0 Å². The molecule has 0 radical (unpaired) electrons. The van der Waals surface area contributed by atoms with Gasteiger partial charge in [0.05, 0.1) is 5.02 Å². The van der Waals surface area contributed by atoms with Crippen LogP contribution in [0.2, 0.25) is 10.2 Å². The fourth-order valence-corrected chi connectivity index (χ4v) is 2.04. The Labute approximate surface area is 93.6 Å². The van der Waals surface area contributed by atoms with Gasteiger partial charge in [0.25, 0.3) is 0 Å². The van der Waals surface area contributed by atoms with E-state index in [2.05, 4.69) is 10.3 Å². The summed E-state index contributed by atoms with van der Waals surface area (Å²) < 4.78 is 0. The van der Waals surface area contributed by atoms with Crippen molar-refractivity contribution in [2.45, 2.75) is 25.3 Å². The average molecular weight is 231 g/mol. The quantitative estimate of drug-likeness (QED) is 0.750. The predicted molar refractivity (Wildman–Crippen MR) is 58.9 cm³/mol. The highest BCUT2D eigenvalue weighted by Gasteiger charge is 2.15. The third-order valence-electron chi connectivity index (χ3n) is 2.53. The van der Waals surface area contributed by atoms with Crippen molar-refractivity contribution >= 4 is 23.2 Å². The molecule has 1 saturated heterocycles. The zero-order valence-electron chi connectivity index (χ0n) is 7.76. The van der Waals surface area contributed by atoms with Gasteiger partial charge in [-0.05, 0) is 31.0 Å². The molecule has 76 valence electrons. The van der Waals surface area contributed by atoms with E-state index >= 15 is 0 Å². The molecule has 1 atom stereocenters. The first-order chi connectivity index (χ1) is 6.77. The van der Waals surface area contributed by atoms with Crippen LogP contribution < -0.4 is 5.32 Å². The first-order valence-electron chi connectivity index (χ1n) is 4.81. The molecule has 2 heterocycles. The maximum Gasteiger partial charge on any atom is 0.147 e. The molecule has 1 fully saturated rings. The molecule has 0 saturated carbocycles. The van der Waals surface area contributed by atoms with E-state index in [4.69, 9.17) is 23.2 Å². The van der Waals surface area contributed by atoms with Gasteiger partial charge in [-0.1, -0.05) is 29.6 Å². The Bertz CT molecular complexity index is 322. The van der Waals surface area contributed by atoms with Crippen molar-refractivity contribution < 1.29 is 0 Å². The first kappa shape index (κ1) is 10.2. The highest BCUT2D eigenvalue weighted by molar-refractivity contribution is 6.41. The standard InChI is InChI=1S/C10H12Cl2N2/c11-8-5-7(6-14-10(8)12)9-3-1-2-4-13-9/h5-6,9,13H,1-4H2. The van der Waals surface area contributed by atoms with E-state index in [1.165, 1.54) is 12.8 Å². The summed E-state index contributed by atoms with van der Waals surface area (Å²) in [6.45, 7) is 1.07. The van der Waals surface area contributed by atoms with Gasteiger partial charge < -0.3 is 5.32 Å². The van der Waals surface area contributed by atoms with Crippen LogP contribution in [0.5, 0.6) is 0 Å². The minimum absolute atomic E-state index is 0.381. The van der Waals surface area contributed by atoms with Gasteiger partial charge in [-0.2, -0.15) is 0 Å². The number of aromatic nitrogens is 1. The monoisotopic (exact) mass is 230 g/mol. The Morgan fingerprint density at radius 1 is 1.36 bits per heavy atom. The second kappa shape index (κ2) is 4.47. The number of nitrogens with zero attached hydrogens (tertiary/aromatic N) is 1. The highest BCUT2D eigenvalue weighted by Crippen LogP contribution is 2.27. The average Bonchev–Trinajstić information content (AvgIpc) is 2.23. The number of piperidine rings is 1. The van der Waals surface area contributed by atoms with Gasteiger partial charge >= 0.3 is 0 Å². The summed E-state index contributed by atoms with van der Waals surface area (Å²) in [6.07, 6.45) is 5.47. The lowest BCUT2D eigenvalue weighted by Gasteiger charge is -2.23. The van der Waals surface area contributed by atoms with Crippen molar-refractivity contribution in [1.29, 1.82) is 0 Å². The van der Waals surface area contributed by atoms with E-state index in [9.17, 15) is 0 Å². The lowest BCUT2D eigenvalue weighted by Crippen LogP contribution is -2.26. The summed E-state index contributed by atoms with van der Waals surface area (Å²) in [6, 6.07) is 2.30. The Morgan fingerprint density at radius 2 is 2.21 bits per heavy atom. The minimum Gasteiger partial charge on any atom is -0.310 e. The molecule has 4 heteroatoms. The molecule has 2 nitrogen and oxygen atoms in total. The summed E-state index contributed by atoms with van der Waals surface area (Å²) in [5.74, 6) is 0. The molecule has 0 aromatic carbocycles. The Hall–Kier alpha value is -0.310. The van der Waals surface area contributed by atoms with Gasteiger partial charge in [0, 0.05) is 12.2 Å². The van der Waals surface area contributed by atoms with E-state index in [0.717, 1.165) is 18.5 Å². The third kappa shape index (κ3) is 2.19. The van der Waals surface area contributed by atoms with Crippen LogP contribution in [0.4, 0.5) is 0 Å². The molecule has 0 bridgehead atoms. The van der Waals surface area contributed by atoms with Gasteiger partial charge in [0.2, 0.25) is 0 Å². The van der Waals surface area contributed by atoms with Crippen LogP contribution in [0.15, 0.2) is 12.3 Å². The second-order valence-electron chi connectivity index (χ2n) is 3.54. The van der Waals surface area contributed by atoms with Gasteiger partial charge in [-0.3, -0.25) is 0 Å². The summed E-state index contributed by atoms with van der Waals surface area (Å²) in [5, 5.41) is 4.36. The summed E-state index contributed by atoms with van der Waals surface area (Å²) in [5.41, 5.74) is 1.14. The maximum atomic E-state index is 5.91. The third-order valence-corrected chi connectivity index (χ3v) is 3.22. The molecule has 2 rings (SSSR count). The Balaban J connectivity index is 2.18. The van der Waals surface area contributed by atoms with E-state index in [-0.39, 0.29) is 0 Å². The molecule has 1 aliphatic rings. The normalized spacial score (nSPS) is 22.3. The van der Waals surface area contributed by atoms with E-state index in [1.54, 1.807) is 6.20 Å². The maximum absolute atomic E-state index is 5.91. The number of nitrogens with one attached hydrogen (secondary N) is 1. The van der Waals surface area contributed by atoms with E-state index in [1.807, 2.05) is 6.07 Å². The van der Waals surface area contributed by atoms with Crippen LogP contribution in [-0.2, 0) is 0 Å². The number of pyridine rings is 1. The zero-order valence-corrected chi connectivity index (χ0v) is 9.28. The van der Waals surface area contributed by atoms with Crippen molar-refractivity contribution in [1.82, 2.24) is 10.3 Å². The van der Waals surface area contributed by atoms with Crippen molar-refractivity contribution in [2.75, 3.05) is 6.54 Å². The molecule has 1 aromatic heterocycles. The van der Waals surface area contributed by atoms with E-state index < -0.39 is 0 Å². The fraction of sp³-hybridized carbons (Fsp3) is 0.500. The smallest absolute Gasteiger partial charge is 0.147 e. The lowest BCUT2D eigenvalue weighted by atomic mass is 9.99. The number of rotatable bonds is 1. The molecular weight excluding hydrogens is 219 g/mol. The summed E-state index contributed by atoms with van der Waals surface area (Å²) in [7, 11) is 0. The van der Waals surface area contributed by atoms with Crippen LogP contribution in [0.3, 0.4) is 0 Å². The lowest BCUT2D eigenvalue weighted by molar-refractivity contribution is 0.411. The van der Waals surface area contributed by atoms with Crippen LogP contribution in [-0.4, -0.2) is 11.5 Å². The minimum atomic E-state index is 0.381. The molecular formula is C10H12Cl2N2. The molecule has 1 aromatic rings. The molecule has 0 aliphatic carbocycles. The number of halogens is 2. The largest absolute Gasteiger partial charge is 0.310 e. The predicted octanol–water partition coefficient (Wildman–Crippen LogP) is 3.20. The topological polar surface area (TPSA) is 24.9 Å². The number of hydrogen-bond donors (Lipinski definition) is 1. The van der Waals surface area contributed by atoms with Crippen LogP contribution >= 0.6 is 23.2 Å². The summed E-state index contributed by atoms with van der Waals surface area (Å²) in [4.78, 5) is 4.05. The zero-order chi connectivity index (χ0) is 9.97. The Morgan fingerprint density at radius 3 is 2.86 bits per heavy atom. The van der Waals surface area contributed by atoms with Gasteiger partial charge in [0.1, 0.15) is 5.15 Å². The molecule has 1 unspecified atom stereocenters. The van der Waals surface area contributed by atoms with Crippen LogP contribution in [0.25, 0.3) is 0 Å². The first-order valence-corrected chi connectivity index (χ1v) is 5.57.